The number of rotatable bonds is 4. The summed E-state index contributed by atoms with van der Waals surface area (Å²) in [6, 6.07) is 1.62. The summed E-state index contributed by atoms with van der Waals surface area (Å²) in [6.45, 7) is 1.48. The van der Waals surface area contributed by atoms with Gasteiger partial charge < -0.3 is 18.9 Å². The third-order valence-electron chi connectivity index (χ3n) is 2.66. The lowest BCUT2D eigenvalue weighted by Crippen LogP contribution is -1.97. The van der Waals surface area contributed by atoms with Crippen LogP contribution >= 0.6 is 0 Å². The van der Waals surface area contributed by atoms with Crippen molar-refractivity contribution in [2.24, 2.45) is 0 Å². The molecule has 102 valence electrons. The number of hydrogen-bond acceptors (Lipinski definition) is 6. The lowest BCUT2D eigenvalue weighted by Gasteiger charge is -2.12. The van der Waals surface area contributed by atoms with Crippen LogP contribution in [0.3, 0.4) is 0 Å². The summed E-state index contributed by atoms with van der Waals surface area (Å²) in [6.07, 6.45) is 1.39. The van der Waals surface area contributed by atoms with Crippen molar-refractivity contribution in [1.82, 2.24) is 0 Å². The molecule has 1 aromatic rings. The zero-order chi connectivity index (χ0) is 14.0. The van der Waals surface area contributed by atoms with Crippen LogP contribution in [0.25, 0.3) is 6.08 Å². The van der Waals surface area contributed by atoms with E-state index in [4.69, 9.17) is 18.9 Å². The van der Waals surface area contributed by atoms with Gasteiger partial charge in [-0.1, -0.05) is 0 Å². The van der Waals surface area contributed by atoms with E-state index in [9.17, 15) is 10.1 Å². The quantitative estimate of drug-likeness (QED) is 0.613. The molecule has 0 aromatic heterocycles. The Bertz CT molecular complexity index is 552. The average molecular weight is 267 g/mol. The highest BCUT2D eigenvalue weighted by Gasteiger charge is 2.26. The first kappa shape index (κ1) is 13.0. The van der Waals surface area contributed by atoms with Crippen LogP contribution < -0.4 is 18.9 Å². The Hall–Kier alpha value is -2.44. The number of hydrogen-bond donors (Lipinski definition) is 0. The lowest BCUT2D eigenvalue weighted by atomic mass is 10.1. The summed E-state index contributed by atoms with van der Waals surface area (Å²) in [5.41, 5.74) is 0.483. The smallest absolute Gasteiger partial charge is 0.243 e. The molecule has 0 N–H and O–H groups in total. The second-order valence-corrected chi connectivity index (χ2v) is 3.81. The highest BCUT2D eigenvalue weighted by molar-refractivity contribution is 5.71. The first-order valence-corrected chi connectivity index (χ1v) is 5.45. The molecule has 0 amide bonds. The molecule has 0 saturated heterocycles. The fourth-order valence-electron chi connectivity index (χ4n) is 1.80. The van der Waals surface area contributed by atoms with Crippen LogP contribution in [-0.2, 0) is 0 Å². The number of nitro groups is 1. The molecule has 0 fully saturated rings. The molecule has 1 aliphatic rings. The molecule has 19 heavy (non-hydrogen) atoms. The number of benzene rings is 1. The maximum absolute atomic E-state index is 10.7. The maximum Gasteiger partial charge on any atom is 0.243 e. The minimum absolute atomic E-state index is 0.0146. The standard InChI is InChI=1S/C12H13NO6/c1-7(13(14)15)4-8-5-9-11(19-6-18-9)12(17-3)10(8)16-2/h4-5H,6H2,1-3H3/b7-4+. The molecule has 0 unspecified atom stereocenters. The highest BCUT2D eigenvalue weighted by Crippen LogP contribution is 2.49. The molecule has 0 spiro atoms. The SMILES string of the molecule is COc1c(/C=C(\C)[N+](=O)[O-])cc2c(c1OC)OCO2. The Balaban J connectivity index is 2.61. The normalized spacial score (nSPS) is 13.3. The lowest BCUT2D eigenvalue weighted by molar-refractivity contribution is -0.422. The van der Waals surface area contributed by atoms with Crippen LogP contribution in [0.2, 0.25) is 0 Å². The molecule has 1 aliphatic heterocycles. The topological polar surface area (TPSA) is 80.1 Å². The zero-order valence-electron chi connectivity index (χ0n) is 10.8. The van der Waals surface area contributed by atoms with Gasteiger partial charge >= 0.3 is 0 Å². The third kappa shape index (κ3) is 2.26. The van der Waals surface area contributed by atoms with Crippen LogP contribution in [0, 0.1) is 10.1 Å². The van der Waals surface area contributed by atoms with E-state index in [0.29, 0.717) is 28.6 Å². The van der Waals surface area contributed by atoms with Crippen LogP contribution in [0.5, 0.6) is 23.0 Å². The third-order valence-corrected chi connectivity index (χ3v) is 2.66. The van der Waals surface area contributed by atoms with Crippen molar-refractivity contribution in [1.29, 1.82) is 0 Å². The molecule has 0 bridgehead atoms. The van der Waals surface area contributed by atoms with Crippen molar-refractivity contribution >= 4 is 6.08 Å². The van der Waals surface area contributed by atoms with Crippen LogP contribution in [0.15, 0.2) is 11.8 Å². The number of allylic oxidation sites excluding steroid dienone is 1. The molecular weight excluding hydrogens is 254 g/mol. The average Bonchev–Trinajstić information content (AvgIpc) is 2.84. The Morgan fingerprint density at radius 1 is 1.37 bits per heavy atom. The van der Waals surface area contributed by atoms with Crippen molar-refractivity contribution in [3.8, 4) is 23.0 Å². The van der Waals surface area contributed by atoms with E-state index in [-0.39, 0.29) is 12.5 Å². The Morgan fingerprint density at radius 2 is 2.05 bits per heavy atom. The van der Waals surface area contributed by atoms with E-state index < -0.39 is 4.92 Å². The Kier molecular flexibility index (Phi) is 3.46. The molecular formula is C12H13NO6. The van der Waals surface area contributed by atoms with Crippen LogP contribution in [-0.4, -0.2) is 25.9 Å². The van der Waals surface area contributed by atoms with Crippen molar-refractivity contribution < 1.29 is 23.9 Å². The number of nitrogens with zero attached hydrogens (tertiary/aromatic N) is 1. The maximum atomic E-state index is 10.7. The summed E-state index contributed by atoms with van der Waals surface area (Å²) in [5.74, 6) is 1.64. The molecule has 0 atom stereocenters. The highest BCUT2D eigenvalue weighted by atomic mass is 16.7. The van der Waals surface area contributed by atoms with Gasteiger partial charge in [0.2, 0.25) is 24.0 Å². The molecule has 2 rings (SSSR count). The minimum Gasteiger partial charge on any atom is -0.492 e. The fraction of sp³-hybridized carbons (Fsp3) is 0.333. The van der Waals surface area contributed by atoms with Crippen LogP contribution in [0.1, 0.15) is 12.5 Å². The van der Waals surface area contributed by atoms with Crippen LogP contribution in [0.4, 0.5) is 0 Å². The zero-order valence-corrected chi connectivity index (χ0v) is 10.8. The van der Waals surface area contributed by atoms with Gasteiger partial charge in [-0.25, -0.2) is 0 Å². The van der Waals surface area contributed by atoms with Crippen molar-refractivity contribution in [3.05, 3.63) is 27.4 Å². The van der Waals surface area contributed by atoms with Gasteiger partial charge in [0.05, 0.1) is 19.1 Å². The predicted molar refractivity (Wildman–Crippen MR) is 66.3 cm³/mol. The number of ether oxygens (including phenoxy) is 4. The van der Waals surface area contributed by atoms with E-state index in [1.165, 1.54) is 27.2 Å². The summed E-state index contributed by atoms with van der Waals surface area (Å²) in [4.78, 5) is 10.2. The minimum atomic E-state index is -0.476. The molecule has 7 heteroatoms. The van der Waals surface area contributed by atoms with E-state index in [1.54, 1.807) is 6.07 Å². The predicted octanol–water partition coefficient (Wildman–Crippen LogP) is 2.07. The first-order chi connectivity index (χ1) is 9.08. The fourth-order valence-corrected chi connectivity index (χ4v) is 1.80. The van der Waals surface area contributed by atoms with Gasteiger partial charge in [-0.2, -0.15) is 0 Å². The van der Waals surface area contributed by atoms with Gasteiger partial charge in [0.15, 0.2) is 11.5 Å². The second kappa shape index (κ2) is 5.05. The van der Waals surface area contributed by atoms with E-state index >= 15 is 0 Å². The molecule has 0 aliphatic carbocycles. The first-order valence-electron chi connectivity index (χ1n) is 5.45. The van der Waals surface area contributed by atoms with Gasteiger partial charge in [0, 0.05) is 18.6 Å². The van der Waals surface area contributed by atoms with Gasteiger partial charge in [-0.05, 0) is 6.07 Å². The van der Waals surface area contributed by atoms with E-state index in [0.717, 1.165) is 0 Å². The second-order valence-electron chi connectivity index (χ2n) is 3.81. The van der Waals surface area contributed by atoms with E-state index in [2.05, 4.69) is 0 Å². The molecule has 1 heterocycles. The number of methoxy groups -OCH3 is 2. The van der Waals surface area contributed by atoms with Crippen molar-refractivity contribution in [2.45, 2.75) is 6.92 Å². The van der Waals surface area contributed by atoms with Gasteiger partial charge in [0.25, 0.3) is 0 Å². The summed E-state index contributed by atoms with van der Waals surface area (Å²) in [7, 11) is 2.92. The van der Waals surface area contributed by atoms with E-state index in [1.807, 2.05) is 0 Å². The monoisotopic (exact) mass is 267 g/mol. The van der Waals surface area contributed by atoms with Crippen molar-refractivity contribution in [2.75, 3.05) is 21.0 Å². The van der Waals surface area contributed by atoms with Gasteiger partial charge in [0.1, 0.15) is 0 Å². The number of fused-ring (bicyclic) bond motifs is 1. The molecule has 0 radical (unpaired) electrons. The summed E-state index contributed by atoms with van der Waals surface area (Å²) >= 11 is 0. The van der Waals surface area contributed by atoms with Gasteiger partial charge in [-0.15, -0.1) is 0 Å². The Labute approximate surface area is 109 Å². The van der Waals surface area contributed by atoms with Gasteiger partial charge in [-0.3, -0.25) is 10.1 Å². The molecule has 1 aromatic carbocycles. The largest absolute Gasteiger partial charge is 0.492 e. The summed E-state index contributed by atoms with van der Waals surface area (Å²) < 4.78 is 21.0. The van der Waals surface area contributed by atoms with Crippen molar-refractivity contribution in [3.63, 3.8) is 0 Å². The molecule has 0 saturated carbocycles. The molecule has 7 nitrogen and oxygen atoms in total. The Morgan fingerprint density at radius 3 is 2.63 bits per heavy atom. The summed E-state index contributed by atoms with van der Waals surface area (Å²) in [5, 5.41) is 10.7.